The zero-order valence-corrected chi connectivity index (χ0v) is 15.7. The first kappa shape index (κ1) is 19.1. The van der Waals surface area contributed by atoms with E-state index in [0.29, 0.717) is 11.3 Å². The third-order valence-corrected chi connectivity index (χ3v) is 5.29. The van der Waals surface area contributed by atoms with Crippen LogP contribution in [-0.4, -0.2) is 20.2 Å². The molecule has 0 bridgehead atoms. The van der Waals surface area contributed by atoms with Crippen molar-refractivity contribution in [3.05, 3.63) is 59.2 Å². The van der Waals surface area contributed by atoms with Crippen LogP contribution in [0.1, 0.15) is 34.3 Å². The van der Waals surface area contributed by atoms with Crippen LogP contribution in [0.15, 0.2) is 47.4 Å². The number of anilines is 1. The second kappa shape index (κ2) is 7.50. The third-order valence-electron chi connectivity index (χ3n) is 4.38. The van der Waals surface area contributed by atoms with Crippen LogP contribution in [-0.2, 0) is 21.4 Å². The molecule has 1 aliphatic rings. The van der Waals surface area contributed by atoms with Gasteiger partial charge in [0, 0.05) is 23.7 Å². The Labute approximate surface area is 158 Å². The van der Waals surface area contributed by atoms with Crippen molar-refractivity contribution < 1.29 is 18.0 Å². The van der Waals surface area contributed by atoms with Crippen LogP contribution in [0.2, 0.25) is 0 Å². The molecule has 0 saturated heterocycles. The molecular formula is C19H21N3O4S. The number of carbonyl (C=O) groups is 2. The highest BCUT2D eigenvalue weighted by atomic mass is 32.2. The molecule has 1 fully saturated rings. The molecule has 2 amide bonds. The summed E-state index contributed by atoms with van der Waals surface area (Å²) in [6, 6.07) is 11.4. The minimum atomic E-state index is -3.88. The summed E-state index contributed by atoms with van der Waals surface area (Å²) in [7, 11) is -3.88. The summed E-state index contributed by atoms with van der Waals surface area (Å²) in [4.78, 5) is 24.2. The van der Waals surface area contributed by atoms with Gasteiger partial charge < -0.3 is 10.6 Å². The molecule has 0 aromatic heterocycles. The highest BCUT2D eigenvalue weighted by Crippen LogP contribution is 2.30. The molecule has 0 atom stereocenters. The molecule has 2 aromatic carbocycles. The summed E-state index contributed by atoms with van der Waals surface area (Å²) in [5, 5.41) is 10.8. The first-order valence-corrected chi connectivity index (χ1v) is 10.1. The Morgan fingerprint density at radius 3 is 2.56 bits per heavy atom. The molecule has 1 aliphatic carbocycles. The summed E-state index contributed by atoms with van der Waals surface area (Å²) >= 11 is 0. The molecule has 3 rings (SSSR count). The van der Waals surface area contributed by atoms with E-state index in [1.807, 2.05) is 6.07 Å². The second-order valence-electron chi connectivity index (χ2n) is 6.67. The van der Waals surface area contributed by atoms with Gasteiger partial charge in [0.15, 0.2) is 0 Å². The predicted molar refractivity (Wildman–Crippen MR) is 102 cm³/mol. The average Bonchev–Trinajstić information content (AvgIpc) is 3.44. The number of hydrogen-bond acceptors (Lipinski definition) is 4. The molecule has 0 heterocycles. The third kappa shape index (κ3) is 4.93. The van der Waals surface area contributed by atoms with E-state index >= 15 is 0 Å². The lowest BCUT2D eigenvalue weighted by Crippen LogP contribution is -2.24. The van der Waals surface area contributed by atoms with E-state index in [-0.39, 0.29) is 28.8 Å². The Hall–Kier alpha value is -2.71. The van der Waals surface area contributed by atoms with Gasteiger partial charge in [-0.1, -0.05) is 18.2 Å². The van der Waals surface area contributed by atoms with Gasteiger partial charge in [0.25, 0.3) is 5.91 Å². The van der Waals surface area contributed by atoms with E-state index in [4.69, 9.17) is 5.14 Å². The largest absolute Gasteiger partial charge is 0.348 e. The normalized spacial score (nSPS) is 13.9. The van der Waals surface area contributed by atoms with Crippen molar-refractivity contribution in [2.24, 2.45) is 11.1 Å². The van der Waals surface area contributed by atoms with Crippen molar-refractivity contribution in [1.29, 1.82) is 0 Å². The molecule has 2 aromatic rings. The lowest BCUT2D eigenvalue weighted by molar-refractivity contribution is -0.117. The molecule has 142 valence electrons. The van der Waals surface area contributed by atoms with Crippen LogP contribution in [0.5, 0.6) is 0 Å². The van der Waals surface area contributed by atoms with E-state index in [1.165, 1.54) is 12.1 Å². The van der Waals surface area contributed by atoms with Gasteiger partial charge in [-0.05, 0) is 55.2 Å². The zero-order valence-electron chi connectivity index (χ0n) is 14.9. The number of rotatable bonds is 6. The lowest BCUT2D eigenvalue weighted by Gasteiger charge is -2.11. The van der Waals surface area contributed by atoms with E-state index in [9.17, 15) is 18.0 Å². The Morgan fingerprint density at radius 2 is 1.89 bits per heavy atom. The Kier molecular flexibility index (Phi) is 5.29. The number of primary sulfonamides is 1. The van der Waals surface area contributed by atoms with E-state index < -0.39 is 15.9 Å². The Balaban J connectivity index is 1.68. The SMILES string of the molecule is Cc1ccc(S(N)(=O)=O)cc1C(=O)NCc1cccc(NC(=O)C2CC2)c1. The van der Waals surface area contributed by atoms with Gasteiger partial charge in [-0.3, -0.25) is 9.59 Å². The number of sulfonamides is 1. The molecule has 0 spiro atoms. The molecule has 0 unspecified atom stereocenters. The van der Waals surface area contributed by atoms with Crippen LogP contribution in [0.3, 0.4) is 0 Å². The lowest BCUT2D eigenvalue weighted by atomic mass is 10.1. The molecule has 0 radical (unpaired) electrons. The van der Waals surface area contributed by atoms with Crippen LogP contribution < -0.4 is 15.8 Å². The van der Waals surface area contributed by atoms with Crippen LogP contribution in [0, 0.1) is 12.8 Å². The van der Waals surface area contributed by atoms with Crippen molar-refractivity contribution in [2.45, 2.75) is 31.2 Å². The fourth-order valence-corrected chi connectivity index (χ4v) is 3.19. The minimum Gasteiger partial charge on any atom is -0.348 e. The summed E-state index contributed by atoms with van der Waals surface area (Å²) < 4.78 is 23.0. The maximum Gasteiger partial charge on any atom is 0.251 e. The predicted octanol–water partition coefficient (Wildman–Crippen LogP) is 1.92. The van der Waals surface area contributed by atoms with Gasteiger partial charge in [-0.2, -0.15) is 0 Å². The van der Waals surface area contributed by atoms with Gasteiger partial charge >= 0.3 is 0 Å². The highest BCUT2D eigenvalue weighted by Gasteiger charge is 2.29. The Morgan fingerprint density at radius 1 is 1.15 bits per heavy atom. The van der Waals surface area contributed by atoms with Gasteiger partial charge in [-0.25, -0.2) is 13.6 Å². The molecule has 7 nitrogen and oxygen atoms in total. The minimum absolute atomic E-state index is 0.0200. The highest BCUT2D eigenvalue weighted by molar-refractivity contribution is 7.89. The van der Waals surface area contributed by atoms with Crippen molar-refractivity contribution in [3.8, 4) is 0 Å². The molecule has 0 aliphatic heterocycles. The van der Waals surface area contributed by atoms with Crippen molar-refractivity contribution >= 4 is 27.5 Å². The second-order valence-corrected chi connectivity index (χ2v) is 8.23. The van der Waals surface area contributed by atoms with Crippen molar-refractivity contribution in [1.82, 2.24) is 5.32 Å². The van der Waals surface area contributed by atoms with Crippen molar-refractivity contribution in [2.75, 3.05) is 5.32 Å². The quantitative estimate of drug-likeness (QED) is 0.702. The van der Waals surface area contributed by atoms with Crippen LogP contribution in [0.4, 0.5) is 5.69 Å². The number of amides is 2. The zero-order chi connectivity index (χ0) is 19.6. The summed E-state index contributed by atoms with van der Waals surface area (Å²) in [5.74, 6) is -0.264. The summed E-state index contributed by atoms with van der Waals surface area (Å²) in [6.07, 6.45) is 1.86. The van der Waals surface area contributed by atoms with Gasteiger partial charge in [0.05, 0.1) is 4.90 Å². The molecule has 4 N–H and O–H groups in total. The number of carbonyl (C=O) groups excluding carboxylic acids is 2. The van der Waals surface area contributed by atoms with Crippen molar-refractivity contribution in [3.63, 3.8) is 0 Å². The number of nitrogens with one attached hydrogen (secondary N) is 2. The molecule has 27 heavy (non-hydrogen) atoms. The van der Waals surface area contributed by atoms with E-state index in [0.717, 1.165) is 18.4 Å². The molecule has 8 heteroatoms. The van der Waals surface area contributed by atoms with E-state index in [1.54, 1.807) is 31.2 Å². The number of nitrogens with two attached hydrogens (primary N) is 1. The standard InChI is InChI=1S/C19H21N3O4S/c1-12-5-8-16(27(20,25)26)10-17(12)19(24)21-11-13-3-2-4-15(9-13)22-18(23)14-6-7-14/h2-5,8-10,14H,6-7,11H2,1H3,(H,21,24)(H,22,23)(H2,20,25,26). The maximum atomic E-state index is 12.5. The average molecular weight is 387 g/mol. The fraction of sp³-hybridized carbons (Fsp3) is 0.263. The van der Waals surface area contributed by atoms with Crippen LogP contribution in [0.25, 0.3) is 0 Å². The first-order chi connectivity index (χ1) is 12.7. The molecule has 1 saturated carbocycles. The smallest absolute Gasteiger partial charge is 0.251 e. The van der Waals surface area contributed by atoms with E-state index in [2.05, 4.69) is 10.6 Å². The fourth-order valence-electron chi connectivity index (χ4n) is 2.65. The molecular weight excluding hydrogens is 366 g/mol. The maximum absolute atomic E-state index is 12.5. The van der Waals surface area contributed by atoms with Crippen LogP contribution >= 0.6 is 0 Å². The summed E-state index contributed by atoms with van der Waals surface area (Å²) in [6.45, 7) is 1.96. The summed E-state index contributed by atoms with van der Waals surface area (Å²) in [5.41, 5.74) is 2.40. The number of aryl methyl sites for hydroxylation is 1. The van der Waals surface area contributed by atoms with Gasteiger partial charge in [0.2, 0.25) is 15.9 Å². The Bertz CT molecular complexity index is 998. The monoisotopic (exact) mass is 387 g/mol. The number of hydrogen-bond donors (Lipinski definition) is 3. The first-order valence-electron chi connectivity index (χ1n) is 8.55. The number of benzene rings is 2. The topological polar surface area (TPSA) is 118 Å². The van der Waals surface area contributed by atoms with Gasteiger partial charge in [-0.15, -0.1) is 0 Å². The van der Waals surface area contributed by atoms with Gasteiger partial charge in [0.1, 0.15) is 0 Å².